The third-order valence-corrected chi connectivity index (χ3v) is 3.81. The van der Waals surface area contributed by atoms with Crippen LogP contribution in [0.15, 0.2) is 42.3 Å². The van der Waals surface area contributed by atoms with Crippen molar-refractivity contribution in [1.82, 2.24) is 19.9 Å². The molecular weight excluding hydrogens is 330 g/mol. The van der Waals surface area contributed by atoms with E-state index in [-0.39, 0.29) is 11.5 Å². The molecule has 24 heavy (non-hydrogen) atoms. The molecular formula is C15H11N5O3S. The predicted molar refractivity (Wildman–Crippen MR) is 86.7 cm³/mol. The summed E-state index contributed by atoms with van der Waals surface area (Å²) in [4.78, 5) is 40.1. The molecule has 0 radical (unpaired) electrons. The molecule has 9 heteroatoms. The zero-order valence-electron chi connectivity index (χ0n) is 12.5. The van der Waals surface area contributed by atoms with Gasteiger partial charge in [0.2, 0.25) is 0 Å². The predicted octanol–water partition coefficient (Wildman–Crippen LogP) is 2.03. The number of anilines is 1. The molecule has 3 rings (SSSR count). The number of amides is 1. The fourth-order valence-electron chi connectivity index (χ4n) is 1.83. The third kappa shape index (κ3) is 3.41. The number of carbonyl (C=O) groups excluding carboxylic acids is 2. The number of rotatable bonds is 4. The molecule has 1 N–H and O–H groups in total. The van der Waals surface area contributed by atoms with Crippen LogP contribution in [0.5, 0.6) is 0 Å². The zero-order chi connectivity index (χ0) is 16.9. The number of esters is 1. The summed E-state index contributed by atoms with van der Waals surface area (Å²) in [5.41, 5.74) is 1.11. The van der Waals surface area contributed by atoms with E-state index in [1.54, 1.807) is 24.0 Å². The summed E-state index contributed by atoms with van der Waals surface area (Å²) in [6.07, 6.45) is 6.10. The standard InChI is InChI=1S/C15H11N5O3S/c1-23-15(22)9-2-3-18-12(6-9)20-13(21)11-8-24-14(19-11)10-7-16-4-5-17-10/h2-8H,1H3,(H,18,20,21). The fraction of sp³-hybridized carbons (Fsp3) is 0.0667. The lowest BCUT2D eigenvalue weighted by Crippen LogP contribution is -2.14. The van der Waals surface area contributed by atoms with Crippen molar-refractivity contribution in [3.05, 3.63) is 53.6 Å². The number of thiazole rings is 1. The van der Waals surface area contributed by atoms with Crippen molar-refractivity contribution in [2.45, 2.75) is 0 Å². The van der Waals surface area contributed by atoms with E-state index in [0.717, 1.165) is 0 Å². The van der Waals surface area contributed by atoms with Crippen molar-refractivity contribution in [2.75, 3.05) is 12.4 Å². The van der Waals surface area contributed by atoms with E-state index in [9.17, 15) is 9.59 Å². The van der Waals surface area contributed by atoms with Gasteiger partial charge in [-0.05, 0) is 12.1 Å². The normalized spacial score (nSPS) is 10.2. The molecule has 0 saturated heterocycles. The number of carbonyl (C=O) groups is 2. The van der Waals surface area contributed by atoms with Gasteiger partial charge in [0.1, 0.15) is 22.2 Å². The van der Waals surface area contributed by atoms with Crippen molar-refractivity contribution >= 4 is 29.0 Å². The Labute approximate surface area is 140 Å². The van der Waals surface area contributed by atoms with Crippen LogP contribution in [0.1, 0.15) is 20.8 Å². The van der Waals surface area contributed by atoms with Gasteiger partial charge in [-0.15, -0.1) is 11.3 Å². The second kappa shape index (κ2) is 6.92. The lowest BCUT2D eigenvalue weighted by molar-refractivity contribution is 0.0600. The number of ether oxygens (including phenoxy) is 1. The number of hydrogen-bond acceptors (Lipinski definition) is 8. The van der Waals surface area contributed by atoms with Crippen molar-refractivity contribution in [1.29, 1.82) is 0 Å². The highest BCUT2D eigenvalue weighted by Gasteiger charge is 2.14. The second-order valence-electron chi connectivity index (χ2n) is 4.50. The molecule has 0 aliphatic heterocycles. The average Bonchev–Trinajstić information content (AvgIpc) is 3.12. The number of pyridine rings is 1. The summed E-state index contributed by atoms with van der Waals surface area (Å²) in [5.74, 6) is -0.709. The number of methoxy groups -OCH3 is 1. The summed E-state index contributed by atoms with van der Waals surface area (Å²) in [6, 6.07) is 2.93. The first-order valence-electron chi connectivity index (χ1n) is 6.75. The van der Waals surface area contributed by atoms with Gasteiger partial charge in [0, 0.05) is 24.0 Å². The first-order valence-corrected chi connectivity index (χ1v) is 7.63. The largest absolute Gasteiger partial charge is 0.465 e. The Kier molecular flexibility index (Phi) is 4.52. The van der Waals surface area contributed by atoms with Crippen molar-refractivity contribution in [3.8, 4) is 10.7 Å². The van der Waals surface area contributed by atoms with Crippen molar-refractivity contribution < 1.29 is 14.3 Å². The molecule has 3 heterocycles. The highest BCUT2D eigenvalue weighted by molar-refractivity contribution is 7.13. The van der Waals surface area contributed by atoms with Crippen molar-refractivity contribution in [2.24, 2.45) is 0 Å². The Hall–Kier alpha value is -3.20. The van der Waals surface area contributed by atoms with Gasteiger partial charge in [-0.25, -0.2) is 14.8 Å². The monoisotopic (exact) mass is 341 g/mol. The second-order valence-corrected chi connectivity index (χ2v) is 5.36. The molecule has 0 atom stereocenters. The summed E-state index contributed by atoms with van der Waals surface area (Å²) >= 11 is 1.28. The Balaban J connectivity index is 1.76. The van der Waals surface area contributed by atoms with Gasteiger partial charge in [-0.2, -0.15) is 0 Å². The molecule has 120 valence electrons. The molecule has 1 amide bonds. The minimum Gasteiger partial charge on any atom is -0.465 e. The zero-order valence-corrected chi connectivity index (χ0v) is 13.3. The highest BCUT2D eigenvalue weighted by Crippen LogP contribution is 2.21. The molecule has 0 saturated carbocycles. The van der Waals surface area contributed by atoms with Crippen LogP contribution in [0.2, 0.25) is 0 Å². The molecule has 0 bridgehead atoms. The van der Waals surface area contributed by atoms with Crippen molar-refractivity contribution in [3.63, 3.8) is 0 Å². The van der Waals surface area contributed by atoms with Gasteiger partial charge in [0.15, 0.2) is 0 Å². The lowest BCUT2D eigenvalue weighted by Gasteiger charge is -2.04. The van der Waals surface area contributed by atoms with Gasteiger partial charge < -0.3 is 10.1 Å². The quantitative estimate of drug-likeness (QED) is 0.723. The number of nitrogens with one attached hydrogen (secondary N) is 1. The number of nitrogens with zero attached hydrogens (tertiary/aromatic N) is 4. The minimum atomic E-state index is -0.508. The average molecular weight is 341 g/mol. The van der Waals surface area contributed by atoms with Gasteiger partial charge >= 0.3 is 5.97 Å². The molecule has 3 aromatic heterocycles. The van der Waals surface area contributed by atoms with E-state index in [4.69, 9.17) is 0 Å². The summed E-state index contributed by atoms with van der Waals surface area (Å²) in [6.45, 7) is 0. The molecule has 0 aliphatic rings. The van der Waals surface area contributed by atoms with E-state index < -0.39 is 11.9 Å². The van der Waals surface area contributed by atoms with Crippen LogP contribution in [-0.4, -0.2) is 38.9 Å². The smallest absolute Gasteiger partial charge is 0.338 e. The van der Waals surface area contributed by atoms with Crippen LogP contribution >= 0.6 is 11.3 Å². The third-order valence-electron chi connectivity index (χ3n) is 2.94. The van der Waals surface area contributed by atoms with E-state index in [0.29, 0.717) is 16.3 Å². The fourth-order valence-corrected chi connectivity index (χ4v) is 2.59. The van der Waals surface area contributed by atoms with Crippen LogP contribution in [0.25, 0.3) is 10.7 Å². The Morgan fingerprint density at radius 1 is 1.21 bits per heavy atom. The van der Waals surface area contributed by atoms with Gasteiger partial charge in [-0.1, -0.05) is 0 Å². The van der Waals surface area contributed by atoms with Crippen LogP contribution in [0.3, 0.4) is 0 Å². The highest BCUT2D eigenvalue weighted by atomic mass is 32.1. The number of hydrogen-bond donors (Lipinski definition) is 1. The first kappa shape index (κ1) is 15.7. The molecule has 0 unspecified atom stereocenters. The van der Waals surface area contributed by atoms with Crippen LogP contribution < -0.4 is 5.32 Å². The van der Waals surface area contributed by atoms with Crippen LogP contribution in [-0.2, 0) is 4.74 Å². The lowest BCUT2D eigenvalue weighted by atomic mass is 10.2. The van der Waals surface area contributed by atoms with E-state index in [1.165, 1.54) is 36.8 Å². The molecule has 0 aromatic carbocycles. The van der Waals surface area contributed by atoms with E-state index >= 15 is 0 Å². The number of aromatic nitrogens is 4. The molecule has 8 nitrogen and oxygen atoms in total. The topological polar surface area (TPSA) is 107 Å². The molecule has 0 spiro atoms. The summed E-state index contributed by atoms with van der Waals surface area (Å²) in [5, 5.41) is 4.79. The Morgan fingerprint density at radius 2 is 2.08 bits per heavy atom. The minimum absolute atomic E-state index is 0.228. The molecule has 0 aliphatic carbocycles. The van der Waals surface area contributed by atoms with Gasteiger partial charge in [0.25, 0.3) is 5.91 Å². The Bertz CT molecular complexity index is 882. The maximum atomic E-state index is 12.3. The SMILES string of the molecule is COC(=O)c1ccnc(NC(=O)c2csc(-c3cnccn3)n2)c1. The molecule has 0 fully saturated rings. The Morgan fingerprint density at radius 3 is 2.83 bits per heavy atom. The summed E-state index contributed by atoms with van der Waals surface area (Å²) < 4.78 is 4.63. The molecule has 3 aromatic rings. The maximum Gasteiger partial charge on any atom is 0.338 e. The van der Waals surface area contributed by atoms with E-state index in [2.05, 4.69) is 30.0 Å². The van der Waals surface area contributed by atoms with Gasteiger partial charge in [-0.3, -0.25) is 14.8 Å². The maximum absolute atomic E-state index is 12.3. The van der Waals surface area contributed by atoms with E-state index in [1.807, 2.05) is 0 Å². The first-order chi connectivity index (χ1) is 11.7. The van der Waals surface area contributed by atoms with Gasteiger partial charge in [0.05, 0.1) is 18.9 Å². The van der Waals surface area contributed by atoms with Crippen LogP contribution in [0, 0.1) is 0 Å². The summed E-state index contributed by atoms with van der Waals surface area (Å²) in [7, 11) is 1.28. The van der Waals surface area contributed by atoms with Crippen LogP contribution in [0.4, 0.5) is 5.82 Å².